The van der Waals surface area contributed by atoms with E-state index in [-0.39, 0.29) is 24.1 Å². The number of carbonyl (C=O) groups excluding carboxylic acids is 4. The lowest BCUT2D eigenvalue weighted by Gasteiger charge is -2.52. The second-order valence-corrected chi connectivity index (χ2v) is 14.3. The zero-order valence-electron chi connectivity index (χ0n) is 27.0. The van der Waals surface area contributed by atoms with Crippen LogP contribution in [0.1, 0.15) is 132 Å². The minimum atomic E-state index is -0.855. The molecule has 0 bridgehead atoms. The van der Waals surface area contributed by atoms with Gasteiger partial charge in [-0.2, -0.15) is 0 Å². The van der Waals surface area contributed by atoms with Gasteiger partial charge >= 0.3 is 24.1 Å². The molecule has 2 fully saturated rings. The van der Waals surface area contributed by atoms with Crippen LogP contribution < -0.4 is 11.5 Å². The summed E-state index contributed by atoms with van der Waals surface area (Å²) in [6.07, 6.45) is 5.93. The van der Waals surface area contributed by atoms with Crippen LogP contribution in [0, 0.1) is 0 Å². The van der Waals surface area contributed by atoms with E-state index in [0.29, 0.717) is 38.5 Å². The first-order valence-corrected chi connectivity index (χ1v) is 15.2. The number of primary amides is 2. The smallest absolute Gasteiger partial charge is 0.423 e. The molecule has 2 rings (SSSR count). The highest BCUT2D eigenvalue weighted by Gasteiger charge is 2.50. The van der Waals surface area contributed by atoms with Gasteiger partial charge in [-0.25, -0.2) is 9.59 Å². The van der Waals surface area contributed by atoms with Crippen LogP contribution in [-0.4, -0.2) is 68.6 Å². The zero-order valence-corrected chi connectivity index (χ0v) is 27.0. The Kier molecular flexibility index (Phi) is 12.1. The van der Waals surface area contributed by atoms with Gasteiger partial charge in [-0.3, -0.25) is 9.59 Å². The first-order chi connectivity index (χ1) is 19.2. The first-order valence-electron chi connectivity index (χ1n) is 15.2. The number of ether oxygens (including phenoxy) is 2. The van der Waals surface area contributed by atoms with E-state index in [9.17, 15) is 19.2 Å². The molecule has 242 valence electrons. The number of carbonyl (C=O) groups is 4. The fourth-order valence-electron chi connectivity index (χ4n) is 6.92. The van der Waals surface area contributed by atoms with E-state index in [1.54, 1.807) is 10.1 Å². The van der Waals surface area contributed by atoms with Crippen molar-refractivity contribution in [1.82, 2.24) is 10.1 Å². The lowest BCUT2D eigenvalue weighted by Crippen LogP contribution is -2.62. The van der Waals surface area contributed by atoms with Crippen molar-refractivity contribution in [2.24, 2.45) is 11.5 Å². The second kappa shape index (κ2) is 14.2. The predicted octanol–water partition coefficient (Wildman–Crippen LogP) is 5.26. The molecule has 42 heavy (non-hydrogen) atoms. The van der Waals surface area contributed by atoms with Crippen molar-refractivity contribution in [3.8, 4) is 0 Å². The summed E-state index contributed by atoms with van der Waals surface area (Å²) in [6, 6.07) is 0. The molecule has 4 N–H and O–H groups in total. The van der Waals surface area contributed by atoms with Crippen LogP contribution in [0.5, 0.6) is 0 Å². The first kappa shape index (κ1) is 35.6. The van der Waals surface area contributed by atoms with E-state index in [4.69, 9.17) is 30.6 Å². The van der Waals surface area contributed by atoms with Gasteiger partial charge in [0.15, 0.2) is 0 Å². The number of hydroxylamine groups is 4. The molecule has 0 atom stereocenters. The van der Waals surface area contributed by atoms with Crippen LogP contribution >= 0.6 is 0 Å². The monoisotopic (exact) mass is 598 g/mol. The zero-order chi connectivity index (χ0) is 31.9. The van der Waals surface area contributed by atoms with Gasteiger partial charge in [0, 0.05) is 38.5 Å². The van der Waals surface area contributed by atoms with E-state index in [0.717, 1.165) is 38.5 Å². The Bertz CT molecular complexity index is 853. The number of hydrogen-bond donors (Lipinski definition) is 2. The van der Waals surface area contributed by atoms with Crippen LogP contribution in [0.15, 0.2) is 0 Å². The van der Waals surface area contributed by atoms with Crippen LogP contribution in [0.2, 0.25) is 0 Å². The third-order valence-corrected chi connectivity index (χ3v) is 8.08. The van der Waals surface area contributed by atoms with Gasteiger partial charge in [-0.15, -0.1) is 10.1 Å². The van der Waals surface area contributed by atoms with Crippen molar-refractivity contribution in [3.05, 3.63) is 0 Å². The number of nitrogens with two attached hydrogens (primary N) is 2. The Hall–Kier alpha value is -2.60. The largest absolute Gasteiger partial charge is 0.462 e. The molecule has 0 saturated carbocycles. The third-order valence-electron chi connectivity index (χ3n) is 8.08. The molecule has 2 aliphatic heterocycles. The fraction of sp³-hybridized carbons (Fsp3) is 0.867. The molecule has 0 unspecified atom stereocenters. The average Bonchev–Trinajstić information content (AvgIpc) is 2.79. The predicted molar refractivity (Wildman–Crippen MR) is 156 cm³/mol. The van der Waals surface area contributed by atoms with Gasteiger partial charge in [-0.05, 0) is 68.2 Å². The van der Waals surface area contributed by atoms with Crippen LogP contribution in [0.4, 0.5) is 9.59 Å². The second-order valence-electron chi connectivity index (χ2n) is 14.3. The van der Waals surface area contributed by atoms with Gasteiger partial charge in [-0.1, -0.05) is 25.7 Å². The minimum absolute atomic E-state index is 0.211. The molecule has 12 nitrogen and oxygen atoms in total. The molecule has 12 heteroatoms. The van der Waals surface area contributed by atoms with Gasteiger partial charge in [0.05, 0.1) is 22.2 Å². The summed E-state index contributed by atoms with van der Waals surface area (Å²) in [5, 5.41) is 3.22. The van der Waals surface area contributed by atoms with Crippen molar-refractivity contribution in [2.45, 2.75) is 167 Å². The highest BCUT2D eigenvalue weighted by Crippen LogP contribution is 2.41. The summed E-state index contributed by atoms with van der Waals surface area (Å²) < 4.78 is 11.6. The molecule has 0 aromatic heterocycles. The van der Waals surface area contributed by atoms with Crippen molar-refractivity contribution >= 4 is 24.1 Å². The lowest BCUT2D eigenvalue weighted by molar-refractivity contribution is -0.255. The Labute approximate surface area is 251 Å². The molecule has 0 aromatic rings. The van der Waals surface area contributed by atoms with Crippen molar-refractivity contribution in [3.63, 3.8) is 0 Å². The Morgan fingerprint density at radius 2 is 0.810 bits per heavy atom. The number of esters is 2. The van der Waals surface area contributed by atoms with E-state index >= 15 is 0 Å². The molecule has 2 aliphatic rings. The number of amides is 2. The summed E-state index contributed by atoms with van der Waals surface area (Å²) in [4.78, 5) is 58.2. The maximum Gasteiger partial charge on any atom is 0.423 e. The highest BCUT2D eigenvalue weighted by atomic mass is 16.7. The number of unbranched alkanes of at least 4 members (excludes halogenated alkanes) is 5. The molecule has 0 radical (unpaired) electrons. The lowest BCUT2D eigenvalue weighted by atomic mass is 9.80. The van der Waals surface area contributed by atoms with Crippen LogP contribution in [0.3, 0.4) is 0 Å². The van der Waals surface area contributed by atoms with Crippen LogP contribution in [-0.2, 0) is 28.7 Å². The van der Waals surface area contributed by atoms with E-state index in [1.165, 1.54) is 0 Å². The minimum Gasteiger partial charge on any atom is -0.462 e. The molecule has 2 saturated heterocycles. The third kappa shape index (κ3) is 10.6. The standard InChI is InChI=1S/C30H54N4O8/c1-27(2)17-21(18-28(3,4)33(27)41-25(31)37)39-23(35)15-13-11-9-10-12-14-16-24(36)40-22-19-29(5,6)34(42-26(32)38)30(7,8)20-22/h21-22H,9-20H2,1-8H3,(H2,31,37)(H2,32,38). The van der Waals surface area contributed by atoms with E-state index in [2.05, 4.69) is 0 Å². The average molecular weight is 599 g/mol. The van der Waals surface area contributed by atoms with Gasteiger partial charge < -0.3 is 30.6 Å². The van der Waals surface area contributed by atoms with Gasteiger partial charge in [0.1, 0.15) is 12.2 Å². The molecule has 0 spiro atoms. The Balaban J connectivity index is 1.61. The molecular formula is C30H54N4O8. The number of piperidine rings is 2. The normalized spacial score (nSPS) is 22.2. The molecular weight excluding hydrogens is 544 g/mol. The molecule has 2 amide bonds. The van der Waals surface area contributed by atoms with Crippen molar-refractivity contribution in [2.75, 3.05) is 0 Å². The number of nitrogens with zero attached hydrogens (tertiary/aromatic N) is 2. The van der Waals surface area contributed by atoms with Crippen LogP contribution in [0.25, 0.3) is 0 Å². The number of hydrogen-bond acceptors (Lipinski definition) is 10. The summed E-state index contributed by atoms with van der Waals surface area (Å²) >= 11 is 0. The van der Waals surface area contributed by atoms with E-state index < -0.39 is 34.3 Å². The van der Waals surface area contributed by atoms with E-state index in [1.807, 2.05) is 55.4 Å². The molecule has 0 aliphatic carbocycles. The Morgan fingerprint density at radius 3 is 1.07 bits per heavy atom. The van der Waals surface area contributed by atoms with Gasteiger partial charge in [0.25, 0.3) is 0 Å². The number of rotatable bonds is 13. The summed E-state index contributed by atoms with van der Waals surface area (Å²) in [7, 11) is 0. The maximum absolute atomic E-state index is 12.5. The van der Waals surface area contributed by atoms with Crippen molar-refractivity contribution in [1.29, 1.82) is 0 Å². The quantitative estimate of drug-likeness (QED) is 0.211. The summed E-state index contributed by atoms with van der Waals surface area (Å²) in [6.45, 7) is 15.5. The SMILES string of the molecule is CC1(C)CC(OC(=O)CCCCCCCCC(=O)OC2CC(C)(C)N(OC(N)=O)C(C)(C)C2)CC(C)(C)N1OC(N)=O. The highest BCUT2D eigenvalue weighted by molar-refractivity contribution is 5.70. The van der Waals surface area contributed by atoms with Crippen molar-refractivity contribution < 1.29 is 38.3 Å². The Morgan fingerprint density at radius 1 is 0.548 bits per heavy atom. The topological polar surface area (TPSA) is 164 Å². The summed E-state index contributed by atoms with van der Waals surface area (Å²) in [5.74, 6) is -0.422. The fourth-order valence-corrected chi connectivity index (χ4v) is 6.92. The van der Waals surface area contributed by atoms with Gasteiger partial charge in [0.2, 0.25) is 0 Å². The molecule has 2 heterocycles. The summed E-state index contributed by atoms with van der Waals surface area (Å²) in [5.41, 5.74) is 8.37. The molecule has 0 aromatic carbocycles. The maximum atomic E-state index is 12.5.